The fraction of sp³-hybridized carbons (Fsp3) is 0.526. The van der Waals surface area contributed by atoms with Crippen LogP contribution >= 0.6 is 0 Å². The molecule has 2 aliphatic rings. The first-order chi connectivity index (χ1) is 12.4. The van der Waals surface area contributed by atoms with Crippen LogP contribution in [0.25, 0.3) is 0 Å². The maximum Gasteiger partial charge on any atom is 0.319 e. The van der Waals surface area contributed by atoms with Gasteiger partial charge in [0.2, 0.25) is 11.8 Å². The lowest BCUT2D eigenvalue weighted by molar-refractivity contribution is -0.159. The summed E-state index contributed by atoms with van der Waals surface area (Å²) >= 11 is 0. The van der Waals surface area contributed by atoms with Crippen molar-refractivity contribution in [1.82, 2.24) is 0 Å². The molecule has 2 amide bonds. The highest BCUT2D eigenvalue weighted by atomic mass is 19.1. The van der Waals surface area contributed by atoms with E-state index in [1.54, 1.807) is 0 Å². The number of rotatable bonds is 5. The van der Waals surface area contributed by atoms with Crippen molar-refractivity contribution in [2.24, 2.45) is 11.3 Å². The third-order valence-electron chi connectivity index (χ3n) is 5.51. The smallest absolute Gasteiger partial charge is 0.319 e. The van der Waals surface area contributed by atoms with Crippen molar-refractivity contribution in [3.63, 3.8) is 0 Å². The quantitative estimate of drug-likeness (QED) is 0.698. The highest BCUT2D eigenvalue weighted by Gasteiger charge is 2.51. The van der Waals surface area contributed by atoms with Crippen LogP contribution in [0.1, 0.15) is 51.4 Å². The van der Waals surface area contributed by atoms with Gasteiger partial charge in [-0.1, -0.05) is 25.7 Å². The Kier molecular flexibility index (Phi) is 5.25. The monoisotopic (exact) mass is 362 g/mol. The molecule has 0 saturated heterocycles. The molecule has 0 unspecified atom stereocenters. The van der Waals surface area contributed by atoms with E-state index >= 15 is 0 Å². The third-order valence-corrected chi connectivity index (χ3v) is 5.51. The zero-order chi connectivity index (χ0) is 18.7. The number of carboxylic acid groups (broad SMARTS) is 1. The molecule has 1 aromatic rings. The minimum Gasteiger partial charge on any atom is -0.480 e. The van der Waals surface area contributed by atoms with E-state index in [4.69, 9.17) is 0 Å². The van der Waals surface area contributed by atoms with Gasteiger partial charge in [-0.05, 0) is 43.9 Å². The van der Waals surface area contributed by atoms with Gasteiger partial charge in [0.1, 0.15) is 11.2 Å². The van der Waals surface area contributed by atoms with Crippen LogP contribution in [0.5, 0.6) is 0 Å². The molecule has 140 valence electrons. The van der Waals surface area contributed by atoms with Crippen molar-refractivity contribution in [2.75, 3.05) is 10.6 Å². The van der Waals surface area contributed by atoms with E-state index in [-0.39, 0.29) is 23.2 Å². The van der Waals surface area contributed by atoms with E-state index in [2.05, 4.69) is 10.6 Å². The van der Waals surface area contributed by atoms with E-state index in [0.29, 0.717) is 19.3 Å². The molecule has 2 fully saturated rings. The molecule has 2 aliphatic carbocycles. The average Bonchev–Trinajstić information content (AvgIpc) is 2.57. The number of hydrogen-bond donors (Lipinski definition) is 3. The average molecular weight is 362 g/mol. The highest BCUT2D eigenvalue weighted by Crippen LogP contribution is 2.42. The number of carboxylic acids is 1. The molecule has 7 heteroatoms. The van der Waals surface area contributed by atoms with Crippen molar-refractivity contribution in [2.45, 2.75) is 51.4 Å². The third kappa shape index (κ3) is 3.57. The summed E-state index contributed by atoms with van der Waals surface area (Å²) in [5, 5.41) is 14.5. The molecule has 1 aromatic carbocycles. The van der Waals surface area contributed by atoms with Crippen LogP contribution in [0.3, 0.4) is 0 Å². The molecule has 0 radical (unpaired) electrons. The standard InChI is InChI=1S/C19H23FN2O4/c20-14-8-7-13(21-17(24)19(18(25)26)9-4-10-19)11-15(14)22-16(23)12-5-2-1-3-6-12/h7-8,11-12H,1-6,9-10H2,(H,21,24)(H,22,23)(H,25,26). The van der Waals surface area contributed by atoms with Gasteiger partial charge < -0.3 is 15.7 Å². The van der Waals surface area contributed by atoms with Gasteiger partial charge in [0.05, 0.1) is 5.69 Å². The summed E-state index contributed by atoms with van der Waals surface area (Å²) in [4.78, 5) is 36.1. The van der Waals surface area contributed by atoms with Crippen LogP contribution in [-0.4, -0.2) is 22.9 Å². The lowest BCUT2D eigenvalue weighted by Gasteiger charge is -2.35. The minimum absolute atomic E-state index is 0.00337. The summed E-state index contributed by atoms with van der Waals surface area (Å²) in [6.45, 7) is 0. The Morgan fingerprint density at radius 3 is 2.31 bits per heavy atom. The molecule has 3 N–H and O–H groups in total. The maximum atomic E-state index is 14.1. The van der Waals surface area contributed by atoms with Crippen molar-refractivity contribution < 1.29 is 23.9 Å². The fourth-order valence-electron chi connectivity index (χ4n) is 3.62. The second-order valence-electron chi connectivity index (χ2n) is 7.21. The summed E-state index contributed by atoms with van der Waals surface area (Å²) < 4.78 is 14.1. The van der Waals surface area contributed by atoms with Crippen LogP contribution in [0.4, 0.5) is 15.8 Å². The topological polar surface area (TPSA) is 95.5 Å². The van der Waals surface area contributed by atoms with E-state index in [1.807, 2.05) is 0 Å². The minimum atomic E-state index is -1.40. The molecule has 0 aliphatic heterocycles. The molecule has 0 bridgehead atoms. The first-order valence-electron chi connectivity index (χ1n) is 9.08. The normalized spacial score (nSPS) is 19.3. The van der Waals surface area contributed by atoms with Gasteiger partial charge in [-0.3, -0.25) is 14.4 Å². The number of benzene rings is 1. The van der Waals surface area contributed by atoms with Crippen molar-refractivity contribution in [3.05, 3.63) is 24.0 Å². The number of amides is 2. The highest BCUT2D eigenvalue weighted by molar-refractivity contribution is 6.09. The zero-order valence-electron chi connectivity index (χ0n) is 14.5. The number of aliphatic carboxylic acids is 1. The van der Waals surface area contributed by atoms with Gasteiger partial charge in [0, 0.05) is 11.6 Å². The van der Waals surface area contributed by atoms with Crippen LogP contribution < -0.4 is 10.6 Å². The summed E-state index contributed by atoms with van der Waals surface area (Å²) in [5.41, 5.74) is -1.14. The Morgan fingerprint density at radius 1 is 1.04 bits per heavy atom. The molecule has 0 spiro atoms. The summed E-state index contributed by atoms with van der Waals surface area (Å²) in [6, 6.07) is 3.85. The van der Waals surface area contributed by atoms with Crippen LogP contribution in [0.2, 0.25) is 0 Å². The Morgan fingerprint density at radius 2 is 1.73 bits per heavy atom. The van der Waals surface area contributed by atoms with E-state index in [9.17, 15) is 23.9 Å². The Bertz CT molecular complexity index is 724. The SMILES string of the molecule is O=C(Nc1cc(NC(=O)C2(C(=O)O)CCC2)ccc1F)C1CCCCC1. The van der Waals surface area contributed by atoms with Gasteiger partial charge >= 0.3 is 5.97 Å². The zero-order valence-corrected chi connectivity index (χ0v) is 14.5. The molecule has 26 heavy (non-hydrogen) atoms. The number of carbonyl (C=O) groups is 3. The summed E-state index contributed by atoms with van der Waals surface area (Å²) in [6.07, 6.45) is 5.97. The van der Waals surface area contributed by atoms with E-state index < -0.39 is 23.1 Å². The number of anilines is 2. The molecule has 0 aromatic heterocycles. The van der Waals surface area contributed by atoms with Gasteiger partial charge in [-0.2, -0.15) is 0 Å². The number of carbonyl (C=O) groups excluding carboxylic acids is 2. The first kappa shape index (κ1) is 18.4. The first-order valence-corrected chi connectivity index (χ1v) is 9.08. The number of hydrogen-bond acceptors (Lipinski definition) is 3. The molecular formula is C19H23FN2O4. The van der Waals surface area contributed by atoms with E-state index in [1.165, 1.54) is 12.1 Å². The Labute approximate surface area is 151 Å². The van der Waals surface area contributed by atoms with Gasteiger partial charge in [-0.25, -0.2) is 4.39 Å². The number of nitrogens with one attached hydrogen (secondary N) is 2. The molecule has 6 nitrogen and oxygen atoms in total. The lowest BCUT2D eigenvalue weighted by atomic mass is 9.68. The second-order valence-corrected chi connectivity index (χ2v) is 7.21. The van der Waals surface area contributed by atoms with Crippen LogP contribution in [0, 0.1) is 17.2 Å². The predicted octanol–water partition coefficient (Wildman–Crippen LogP) is 3.54. The largest absolute Gasteiger partial charge is 0.480 e. The van der Waals surface area contributed by atoms with E-state index in [0.717, 1.165) is 38.2 Å². The maximum absolute atomic E-state index is 14.1. The molecule has 2 saturated carbocycles. The molecular weight excluding hydrogens is 339 g/mol. The van der Waals surface area contributed by atoms with Crippen molar-refractivity contribution >= 4 is 29.2 Å². The van der Waals surface area contributed by atoms with Crippen molar-refractivity contribution in [1.29, 1.82) is 0 Å². The molecule has 0 atom stereocenters. The lowest BCUT2D eigenvalue weighted by Crippen LogP contribution is -2.48. The summed E-state index contributed by atoms with van der Waals surface area (Å²) in [5.74, 6) is -2.68. The Hall–Kier alpha value is -2.44. The summed E-state index contributed by atoms with van der Waals surface area (Å²) in [7, 11) is 0. The van der Waals surface area contributed by atoms with Crippen LogP contribution in [-0.2, 0) is 14.4 Å². The van der Waals surface area contributed by atoms with Gasteiger partial charge in [-0.15, -0.1) is 0 Å². The van der Waals surface area contributed by atoms with Gasteiger partial charge in [0.25, 0.3) is 0 Å². The molecule has 0 heterocycles. The Balaban J connectivity index is 1.70. The predicted molar refractivity (Wildman–Crippen MR) is 94.2 cm³/mol. The second kappa shape index (κ2) is 7.43. The van der Waals surface area contributed by atoms with Crippen molar-refractivity contribution in [3.8, 4) is 0 Å². The fourth-order valence-corrected chi connectivity index (χ4v) is 3.62. The number of halogens is 1. The van der Waals surface area contributed by atoms with Gasteiger partial charge in [0.15, 0.2) is 0 Å². The molecule has 3 rings (SSSR count). The van der Waals surface area contributed by atoms with Crippen LogP contribution in [0.15, 0.2) is 18.2 Å².